The number of benzene rings is 2. The molecule has 1 saturated carbocycles. The molecule has 1 amide bonds. The maximum Gasteiger partial charge on any atom is 0.229 e. The molecule has 6 heteroatoms. The Morgan fingerprint density at radius 1 is 1.09 bits per heavy atom. The summed E-state index contributed by atoms with van der Waals surface area (Å²) in [5.74, 6) is 1.99. The maximum atomic E-state index is 12.8. The molecule has 1 aliphatic carbocycles. The van der Waals surface area contributed by atoms with Crippen LogP contribution in [0.3, 0.4) is 0 Å². The second kappa shape index (κ2) is 10.5. The first-order valence-electron chi connectivity index (χ1n) is 11.7. The Balaban J connectivity index is 1.50. The molecule has 2 aromatic carbocycles. The highest BCUT2D eigenvalue weighted by Gasteiger charge is 2.20. The second-order valence-electron chi connectivity index (χ2n) is 8.99. The number of amides is 1. The molecule has 1 aliphatic rings. The van der Waals surface area contributed by atoms with Gasteiger partial charge in [-0.25, -0.2) is 9.97 Å². The van der Waals surface area contributed by atoms with E-state index in [0.717, 1.165) is 34.7 Å². The van der Waals surface area contributed by atoms with Gasteiger partial charge in [-0.1, -0.05) is 37.8 Å². The molecule has 172 valence electrons. The molecule has 0 bridgehead atoms. The van der Waals surface area contributed by atoms with Crippen molar-refractivity contribution < 1.29 is 14.6 Å². The molecule has 0 unspecified atom stereocenters. The Kier molecular flexibility index (Phi) is 7.23. The van der Waals surface area contributed by atoms with E-state index in [1.807, 2.05) is 50.2 Å². The number of ether oxygens (including phenoxy) is 1. The van der Waals surface area contributed by atoms with Crippen LogP contribution in [0, 0.1) is 5.92 Å². The fourth-order valence-corrected chi connectivity index (χ4v) is 4.25. The molecule has 3 aromatic rings. The first-order valence-corrected chi connectivity index (χ1v) is 11.7. The van der Waals surface area contributed by atoms with Gasteiger partial charge in [0.25, 0.3) is 0 Å². The summed E-state index contributed by atoms with van der Waals surface area (Å²) >= 11 is 0. The average Bonchev–Trinajstić information content (AvgIpc) is 3.30. The number of aromatic nitrogens is 2. The molecule has 1 fully saturated rings. The number of nitrogens with zero attached hydrogens (tertiary/aromatic N) is 2. The van der Waals surface area contributed by atoms with Crippen molar-refractivity contribution in [1.29, 1.82) is 0 Å². The lowest BCUT2D eigenvalue weighted by molar-refractivity contribution is -0.115. The van der Waals surface area contributed by atoms with Crippen LogP contribution in [-0.4, -0.2) is 27.1 Å². The van der Waals surface area contributed by atoms with Crippen molar-refractivity contribution in [2.24, 2.45) is 5.92 Å². The van der Waals surface area contributed by atoms with Gasteiger partial charge in [0.05, 0.1) is 30.1 Å². The molecule has 0 saturated heterocycles. The highest BCUT2D eigenvalue weighted by molar-refractivity contribution is 5.92. The summed E-state index contributed by atoms with van der Waals surface area (Å²) in [6.45, 7) is 3.97. The zero-order valence-corrected chi connectivity index (χ0v) is 19.3. The summed E-state index contributed by atoms with van der Waals surface area (Å²) in [7, 11) is 0. The highest BCUT2D eigenvalue weighted by Crippen LogP contribution is 2.30. The van der Waals surface area contributed by atoms with Crippen LogP contribution in [0.5, 0.6) is 11.5 Å². The van der Waals surface area contributed by atoms with E-state index in [1.54, 1.807) is 18.3 Å². The normalized spacial score (nSPS) is 13.9. The van der Waals surface area contributed by atoms with Crippen LogP contribution in [0.25, 0.3) is 11.3 Å². The standard InChI is InChI=1S/C27H31N3O3/c1-18(2)33-23-13-7-20(8-14-23)16-26(32)30-27-24(15-19-5-3-4-6-19)29-25(17-28-27)21-9-11-22(31)12-10-21/h7-14,17-19,31H,3-6,15-16H2,1-2H3,(H,28,30,32). The molecule has 0 aliphatic heterocycles. The first-order chi connectivity index (χ1) is 16.0. The fraction of sp³-hybridized carbons (Fsp3) is 0.370. The van der Waals surface area contributed by atoms with Crippen LogP contribution in [-0.2, 0) is 17.6 Å². The summed E-state index contributed by atoms with van der Waals surface area (Å²) in [6, 6.07) is 14.5. The van der Waals surface area contributed by atoms with E-state index >= 15 is 0 Å². The summed E-state index contributed by atoms with van der Waals surface area (Å²) in [5.41, 5.74) is 3.35. The molecule has 4 rings (SSSR count). The Morgan fingerprint density at radius 2 is 1.79 bits per heavy atom. The molecule has 6 nitrogen and oxygen atoms in total. The van der Waals surface area contributed by atoms with E-state index in [-0.39, 0.29) is 24.2 Å². The first kappa shape index (κ1) is 22.8. The van der Waals surface area contributed by atoms with E-state index in [1.165, 1.54) is 25.7 Å². The molecule has 1 aromatic heterocycles. The van der Waals surface area contributed by atoms with Crippen molar-refractivity contribution in [2.75, 3.05) is 5.32 Å². The van der Waals surface area contributed by atoms with Gasteiger partial charge in [-0.2, -0.15) is 0 Å². The van der Waals surface area contributed by atoms with E-state index in [0.29, 0.717) is 11.7 Å². The Morgan fingerprint density at radius 3 is 2.45 bits per heavy atom. The zero-order chi connectivity index (χ0) is 23.2. The lowest BCUT2D eigenvalue weighted by Crippen LogP contribution is -2.18. The molecule has 2 N–H and O–H groups in total. The number of phenolic OH excluding ortho intramolecular Hbond substituents is 1. The van der Waals surface area contributed by atoms with Gasteiger partial charge in [-0.3, -0.25) is 4.79 Å². The summed E-state index contributed by atoms with van der Waals surface area (Å²) in [5, 5.41) is 12.6. The summed E-state index contributed by atoms with van der Waals surface area (Å²) < 4.78 is 5.67. The topological polar surface area (TPSA) is 84.3 Å². The number of anilines is 1. The minimum absolute atomic E-state index is 0.112. The van der Waals surface area contributed by atoms with E-state index in [2.05, 4.69) is 10.3 Å². The Bertz CT molecular complexity index is 1070. The lowest BCUT2D eigenvalue weighted by atomic mass is 10.0. The molecule has 0 atom stereocenters. The number of aromatic hydroxyl groups is 1. The number of hydrogen-bond donors (Lipinski definition) is 2. The summed E-state index contributed by atoms with van der Waals surface area (Å²) in [4.78, 5) is 22.2. The minimum Gasteiger partial charge on any atom is -0.508 e. The summed E-state index contributed by atoms with van der Waals surface area (Å²) in [6.07, 6.45) is 7.70. The fourth-order valence-electron chi connectivity index (χ4n) is 4.25. The highest BCUT2D eigenvalue weighted by atomic mass is 16.5. The number of nitrogens with one attached hydrogen (secondary N) is 1. The Hall–Kier alpha value is -3.41. The van der Waals surface area contributed by atoms with Crippen molar-refractivity contribution >= 4 is 11.7 Å². The van der Waals surface area contributed by atoms with Crippen molar-refractivity contribution in [2.45, 2.75) is 58.5 Å². The van der Waals surface area contributed by atoms with Gasteiger partial charge in [-0.05, 0) is 68.1 Å². The van der Waals surface area contributed by atoms with Crippen LogP contribution in [0.2, 0.25) is 0 Å². The van der Waals surface area contributed by atoms with Gasteiger partial charge in [0.15, 0.2) is 5.82 Å². The van der Waals surface area contributed by atoms with Crippen LogP contribution >= 0.6 is 0 Å². The number of hydrogen-bond acceptors (Lipinski definition) is 5. The number of phenols is 1. The Labute approximate surface area is 195 Å². The quantitative estimate of drug-likeness (QED) is 0.475. The monoisotopic (exact) mass is 445 g/mol. The van der Waals surface area contributed by atoms with E-state index in [4.69, 9.17) is 9.72 Å². The largest absolute Gasteiger partial charge is 0.508 e. The average molecular weight is 446 g/mol. The SMILES string of the molecule is CC(C)Oc1ccc(CC(=O)Nc2ncc(-c3ccc(O)cc3)nc2CC2CCCC2)cc1. The number of rotatable bonds is 8. The molecular formula is C27H31N3O3. The molecule has 0 spiro atoms. The van der Waals surface area contributed by atoms with Crippen LogP contribution in [0.4, 0.5) is 5.82 Å². The molecule has 0 radical (unpaired) electrons. The second-order valence-corrected chi connectivity index (χ2v) is 8.99. The van der Waals surface area contributed by atoms with E-state index < -0.39 is 0 Å². The molecule has 33 heavy (non-hydrogen) atoms. The third-order valence-corrected chi connectivity index (χ3v) is 5.88. The molecule has 1 heterocycles. The number of carbonyl (C=O) groups excluding carboxylic acids is 1. The van der Waals surface area contributed by atoms with Gasteiger partial charge in [0, 0.05) is 5.56 Å². The van der Waals surface area contributed by atoms with Crippen LogP contribution in [0.15, 0.2) is 54.7 Å². The third-order valence-electron chi connectivity index (χ3n) is 5.88. The smallest absolute Gasteiger partial charge is 0.229 e. The minimum atomic E-state index is -0.119. The van der Waals surface area contributed by atoms with Gasteiger partial charge >= 0.3 is 0 Å². The van der Waals surface area contributed by atoms with Crippen molar-refractivity contribution in [3.63, 3.8) is 0 Å². The third kappa shape index (κ3) is 6.31. The van der Waals surface area contributed by atoms with Gasteiger partial charge < -0.3 is 15.2 Å². The lowest BCUT2D eigenvalue weighted by Gasteiger charge is -2.15. The van der Waals surface area contributed by atoms with Crippen molar-refractivity contribution in [3.8, 4) is 22.8 Å². The van der Waals surface area contributed by atoms with Crippen LogP contribution < -0.4 is 10.1 Å². The van der Waals surface area contributed by atoms with Crippen molar-refractivity contribution in [1.82, 2.24) is 9.97 Å². The number of carbonyl (C=O) groups is 1. The van der Waals surface area contributed by atoms with Crippen molar-refractivity contribution in [3.05, 3.63) is 66.0 Å². The van der Waals surface area contributed by atoms with E-state index in [9.17, 15) is 9.90 Å². The van der Waals surface area contributed by atoms with Gasteiger partial charge in [0.1, 0.15) is 11.5 Å². The van der Waals surface area contributed by atoms with Crippen LogP contribution in [0.1, 0.15) is 50.8 Å². The maximum absolute atomic E-state index is 12.8. The predicted molar refractivity (Wildman–Crippen MR) is 129 cm³/mol. The van der Waals surface area contributed by atoms with Gasteiger partial charge in [-0.15, -0.1) is 0 Å². The molecular weight excluding hydrogens is 414 g/mol. The zero-order valence-electron chi connectivity index (χ0n) is 19.3. The van der Waals surface area contributed by atoms with Gasteiger partial charge in [0.2, 0.25) is 5.91 Å². The predicted octanol–water partition coefficient (Wildman–Crippen LogP) is 5.55.